The summed E-state index contributed by atoms with van der Waals surface area (Å²) in [6.07, 6.45) is 1.93. The van der Waals surface area contributed by atoms with E-state index in [0.29, 0.717) is 17.9 Å². The standard InChI is InChI=1S/C16H19BrN2O4S/c1-9-13(15(20)23-8-7-22-2)14(11-5-6-12(17)24-11)18-16(21)19(9)10-3-4-10/h5-6,10,14H,3-4,7-8H2,1-2H3,(H,18,21)/t14-/m0/s1. The SMILES string of the molecule is COCCOC(=O)C1=C(C)N(C2CC2)C(=O)N[C@H]1c1ccc(Br)s1. The van der Waals surface area contributed by atoms with E-state index in [1.807, 2.05) is 19.1 Å². The van der Waals surface area contributed by atoms with Gasteiger partial charge in [0.05, 0.1) is 22.0 Å². The highest BCUT2D eigenvalue weighted by Gasteiger charge is 2.42. The fourth-order valence-corrected chi connectivity index (χ4v) is 4.27. The number of rotatable bonds is 6. The summed E-state index contributed by atoms with van der Waals surface area (Å²) in [6, 6.07) is 3.35. The summed E-state index contributed by atoms with van der Waals surface area (Å²) < 4.78 is 11.2. The van der Waals surface area contributed by atoms with Crippen molar-refractivity contribution < 1.29 is 19.1 Å². The number of amides is 2. The molecule has 6 nitrogen and oxygen atoms in total. The first-order chi connectivity index (χ1) is 11.5. The van der Waals surface area contributed by atoms with Crippen LogP contribution in [-0.4, -0.2) is 43.3 Å². The van der Waals surface area contributed by atoms with Crippen LogP contribution in [0.5, 0.6) is 0 Å². The van der Waals surface area contributed by atoms with Gasteiger partial charge < -0.3 is 14.8 Å². The van der Waals surface area contributed by atoms with Gasteiger partial charge >= 0.3 is 12.0 Å². The number of halogens is 1. The first-order valence-electron chi connectivity index (χ1n) is 7.74. The predicted octanol–water partition coefficient (Wildman–Crippen LogP) is 3.20. The zero-order valence-electron chi connectivity index (χ0n) is 13.5. The van der Waals surface area contributed by atoms with Gasteiger partial charge in [-0.3, -0.25) is 4.90 Å². The molecule has 1 N–H and O–H groups in total. The van der Waals surface area contributed by atoms with E-state index < -0.39 is 12.0 Å². The molecule has 1 aliphatic heterocycles. The highest BCUT2D eigenvalue weighted by Crippen LogP contribution is 2.40. The molecule has 2 aliphatic rings. The number of esters is 1. The van der Waals surface area contributed by atoms with Crippen LogP contribution in [0.25, 0.3) is 0 Å². The molecule has 1 atom stereocenters. The Morgan fingerprint density at radius 2 is 2.17 bits per heavy atom. The number of carbonyl (C=O) groups is 2. The van der Waals surface area contributed by atoms with Crippen LogP contribution in [-0.2, 0) is 14.3 Å². The molecule has 8 heteroatoms. The fraction of sp³-hybridized carbons (Fsp3) is 0.500. The quantitative estimate of drug-likeness (QED) is 0.573. The molecule has 0 unspecified atom stereocenters. The Bertz CT molecular complexity index is 683. The maximum atomic E-state index is 12.6. The molecular weight excluding hydrogens is 396 g/mol. The molecule has 1 aromatic rings. The van der Waals surface area contributed by atoms with Crippen LogP contribution in [0.1, 0.15) is 30.7 Å². The summed E-state index contributed by atoms with van der Waals surface area (Å²) in [5.74, 6) is -0.412. The van der Waals surface area contributed by atoms with Crippen LogP contribution in [0.3, 0.4) is 0 Å². The second-order valence-corrected chi connectivity index (χ2v) is 8.25. The monoisotopic (exact) mass is 414 g/mol. The van der Waals surface area contributed by atoms with Crippen molar-refractivity contribution in [2.24, 2.45) is 0 Å². The van der Waals surface area contributed by atoms with Crippen LogP contribution in [0.4, 0.5) is 4.79 Å². The summed E-state index contributed by atoms with van der Waals surface area (Å²) >= 11 is 4.92. The summed E-state index contributed by atoms with van der Waals surface area (Å²) in [5, 5.41) is 2.96. The summed E-state index contributed by atoms with van der Waals surface area (Å²) in [7, 11) is 1.56. The average molecular weight is 415 g/mol. The third-order valence-corrected chi connectivity index (χ3v) is 5.75. The smallest absolute Gasteiger partial charge is 0.338 e. The lowest BCUT2D eigenvalue weighted by molar-refractivity contribution is -0.140. The first kappa shape index (κ1) is 17.4. The summed E-state index contributed by atoms with van der Waals surface area (Å²) in [5.41, 5.74) is 1.17. The molecule has 0 bridgehead atoms. The van der Waals surface area contributed by atoms with E-state index in [4.69, 9.17) is 9.47 Å². The van der Waals surface area contributed by atoms with E-state index in [1.165, 1.54) is 11.3 Å². The average Bonchev–Trinajstić information content (AvgIpc) is 3.27. The van der Waals surface area contributed by atoms with Gasteiger partial charge in [-0.2, -0.15) is 0 Å². The van der Waals surface area contributed by atoms with Crippen LogP contribution in [0.2, 0.25) is 0 Å². The fourth-order valence-electron chi connectivity index (χ4n) is 2.79. The third-order valence-electron chi connectivity index (χ3n) is 4.06. The van der Waals surface area contributed by atoms with Gasteiger partial charge in [0.15, 0.2) is 0 Å². The lowest BCUT2D eigenvalue weighted by Crippen LogP contribution is -2.48. The number of ether oxygens (including phenoxy) is 2. The Morgan fingerprint density at radius 1 is 1.42 bits per heavy atom. The van der Waals surface area contributed by atoms with Gasteiger partial charge in [0, 0.05) is 23.7 Å². The maximum absolute atomic E-state index is 12.6. The van der Waals surface area contributed by atoms with E-state index in [9.17, 15) is 9.59 Å². The minimum Gasteiger partial charge on any atom is -0.460 e. The number of carbonyl (C=O) groups excluding carboxylic acids is 2. The largest absolute Gasteiger partial charge is 0.460 e. The minimum atomic E-state index is -0.487. The number of nitrogens with one attached hydrogen (secondary N) is 1. The van der Waals surface area contributed by atoms with Gasteiger partial charge in [-0.05, 0) is 47.8 Å². The molecule has 2 heterocycles. The number of methoxy groups -OCH3 is 1. The van der Waals surface area contributed by atoms with Gasteiger partial charge in [0.2, 0.25) is 0 Å². The zero-order valence-corrected chi connectivity index (χ0v) is 15.9. The molecular formula is C16H19BrN2O4S. The number of nitrogens with zero attached hydrogens (tertiary/aromatic N) is 1. The number of urea groups is 1. The second kappa shape index (κ2) is 7.25. The third kappa shape index (κ3) is 3.50. The number of allylic oxidation sites excluding steroid dienone is 1. The van der Waals surface area contributed by atoms with Crippen molar-refractivity contribution in [2.45, 2.75) is 31.8 Å². The molecule has 1 saturated carbocycles. The van der Waals surface area contributed by atoms with Crippen LogP contribution in [0.15, 0.2) is 27.2 Å². The molecule has 2 amide bonds. The van der Waals surface area contributed by atoms with Crippen LogP contribution < -0.4 is 5.32 Å². The summed E-state index contributed by atoms with van der Waals surface area (Å²) in [6.45, 7) is 2.34. The highest BCUT2D eigenvalue weighted by molar-refractivity contribution is 9.11. The van der Waals surface area contributed by atoms with Crippen molar-refractivity contribution in [2.75, 3.05) is 20.3 Å². The Labute approximate surface area is 152 Å². The molecule has 3 rings (SSSR count). The highest BCUT2D eigenvalue weighted by atomic mass is 79.9. The van der Waals surface area contributed by atoms with Crippen molar-refractivity contribution in [3.8, 4) is 0 Å². The van der Waals surface area contributed by atoms with Gasteiger partial charge in [-0.25, -0.2) is 9.59 Å². The normalized spacial score (nSPS) is 21.0. The Hall–Kier alpha value is -1.38. The van der Waals surface area contributed by atoms with E-state index in [2.05, 4.69) is 21.2 Å². The molecule has 0 saturated heterocycles. The minimum absolute atomic E-state index is 0.155. The van der Waals surface area contributed by atoms with E-state index in [1.54, 1.807) is 12.0 Å². The molecule has 0 aromatic carbocycles. The second-order valence-electron chi connectivity index (χ2n) is 5.75. The van der Waals surface area contributed by atoms with Crippen molar-refractivity contribution in [1.82, 2.24) is 10.2 Å². The van der Waals surface area contributed by atoms with Crippen molar-refractivity contribution in [1.29, 1.82) is 0 Å². The Kier molecular flexibility index (Phi) is 5.27. The molecule has 1 aliphatic carbocycles. The lowest BCUT2D eigenvalue weighted by Gasteiger charge is -2.35. The number of hydrogen-bond acceptors (Lipinski definition) is 5. The molecule has 130 valence electrons. The topological polar surface area (TPSA) is 67.9 Å². The van der Waals surface area contributed by atoms with Gasteiger partial charge in [-0.15, -0.1) is 11.3 Å². The Balaban J connectivity index is 1.94. The molecule has 0 spiro atoms. The van der Waals surface area contributed by atoms with Gasteiger partial charge in [0.1, 0.15) is 6.61 Å². The van der Waals surface area contributed by atoms with E-state index >= 15 is 0 Å². The van der Waals surface area contributed by atoms with Crippen LogP contribution >= 0.6 is 27.3 Å². The van der Waals surface area contributed by atoms with Crippen molar-refractivity contribution in [3.05, 3.63) is 32.1 Å². The number of hydrogen-bond donors (Lipinski definition) is 1. The zero-order chi connectivity index (χ0) is 17.3. The Morgan fingerprint density at radius 3 is 2.75 bits per heavy atom. The maximum Gasteiger partial charge on any atom is 0.338 e. The molecule has 1 aromatic heterocycles. The lowest BCUT2D eigenvalue weighted by atomic mass is 10.0. The van der Waals surface area contributed by atoms with Crippen LogP contribution in [0, 0.1) is 0 Å². The summed E-state index contributed by atoms with van der Waals surface area (Å²) in [4.78, 5) is 27.7. The molecule has 24 heavy (non-hydrogen) atoms. The van der Waals surface area contributed by atoms with Crippen molar-refractivity contribution >= 4 is 39.3 Å². The predicted molar refractivity (Wildman–Crippen MR) is 93.7 cm³/mol. The van der Waals surface area contributed by atoms with E-state index in [-0.39, 0.29) is 18.7 Å². The number of thiophene rings is 1. The van der Waals surface area contributed by atoms with Crippen molar-refractivity contribution in [3.63, 3.8) is 0 Å². The molecule has 0 radical (unpaired) electrons. The van der Waals surface area contributed by atoms with Gasteiger partial charge in [0.25, 0.3) is 0 Å². The molecule has 1 fully saturated rings. The van der Waals surface area contributed by atoms with Gasteiger partial charge in [-0.1, -0.05) is 0 Å². The first-order valence-corrected chi connectivity index (χ1v) is 9.35. The van der Waals surface area contributed by atoms with E-state index in [0.717, 1.165) is 21.5 Å².